The van der Waals surface area contributed by atoms with Gasteiger partial charge >= 0.3 is 0 Å². The zero-order valence-electron chi connectivity index (χ0n) is 7.86. The fraction of sp³-hybridized carbons (Fsp3) is 0.500. The minimum absolute atomic E-state index is 0.0554. The van der Waals surface area contributed by atoms with Crippen molar-refractivity contribution in [1.82, 2.24) is 0 Å². The number of Topliss-reactive ketones (excluding diaryl/α,β-unsaturated/α-hetero) is 1. The van der Waals surface area contributed by atoms with Crippen molar-refractivity contribution in [2.24, 2.45) is 5.92 Å². The van der Waals surface area contributed by atoms with E-state index in [1.54, 1.807) is 24.3 Å². The van der Waals surface area contributed by atoms with Crippen LogP contribution in [0.2, 0.25) is 0 Å². The molecule has 13 heavy (non-hydrogen) atoms. The largest absolute Gasteiger partial charge is 0.382 e. The van der Waals surface area contributed by atoms with Crippen LogP contribution in [-0.4, -0.2) is 30.2 Å². The summed E-state index contributed by atoms with van der Waals surface area (Å²) in [5.41, 5.74) is -1.17. The van der Waals surface area contributed by atoms with E-state index in [-0.39, 0.29) is 12.4 Å². The fourth-order valence-electron chi connectivity index (χ4n) is 1.52. The molecule has 0 saturated heterocycles. The SMILES string of the molecule is COCC1(O)C=CC=CC1C(C)=O. The molecule has 2 atom stereocenters. The molecule has 3 nitrogen and oxygen atoms in total. The molecule has 1 aliphatic rings. The third-order valence-corrected chi connectivity index (χ3v) is 2.15. The fourth-order valence-corrected chi connectivity index (χ4v) is 1.52. The second-order valence-electron chi connectivity index (χ2n) is 3.26. The van der Waals surface area contributed by atoms with E-state index in [0.717, 1.165) is 0 Å². The third kappa shape index (κ3) is 2.05. The van der Waals surface area contributed by atoms with Gasteiger partial charge in [-0.2, -0.15) is 0 Å². The Labute approximate surface area is 77.7 Å². The van der Waals surface area contributed by atoms with Crippen LogP contribution >= 0.6 is 0 Å². The highest BCUT2D eigenvalue weighted by atomic mass is 16.5. The normalized spacial score (nSPS) is 32.1. The van der Waals surface area contributed by atoms with E-state index in [2.05, 4.69) is 0 Å². The number of rotatable bonds is 3. The van der Waals surface area contributed by atoms with Gasteiger partial charge < -0.3 is 9.84 Å². The first kappa shape index (κ1) is 10.2. The Morgan fingerprint density at radius 3 is 2.85 bits per heavy atom. The van der Waals surface area contributed by atoms with Crippen molar-refractivity contribution < 1.29 is 14.6 Å². The molecule has 0 fully saturated rings. The molecule has 1 aliphatic carbocycles. The van der Waals surface area contributed by atoms with Gasteiger partial charge in [-0.3, -0.25) is 4.79 Å². The highest BCUT2D eigenvalue weighted by molar-refractivity contribution is 5.82. The number of allylic oxidation sites excluding steroid dienone is 2. The Balaban J connectivity index is 2.86. The molecule has 0 bridgehead atoms. The van der Waals surface area contributed by atoms with Crippen molar-refractivity contribution in [3.05, 3.63) is 24.3 Å². The van der Waals surface area contributed by atoms with Crippen molar-refractivity contribution in [2.75, 3.05) is 13.7 Å². The maximum absolute atomic E-state index is 11.2. The number of methoxy groups -OCH3 is 1. The summed E-state index contributed by atoms with van der Waals surface area (Å²) in [6.07, 6.45) is 6.78. The molecule has 2 unspecified atom stereocenters. The molecule has 1 rings (SSSR count). The van der Waals surface area contributed by atoms with Crippen LogP contribution in [0.3, 0.4) is 0 Å². The number of hydrogen-bond donors (Lipinski definition) is 1. The van der Waals surface area contributed by atoms with Gasteiger partial charge in [0.2, 0.25) is 0 Å². The average Bonchev–Trinajstić information content (AvgIpc) is 2.04. The predicted molar refractivity (Wildman–Crippen MR) is 49.3 cm³/mol. The average molecular weight is 182 g/mol. The Morgan fingerprint density at radius 2 is 2.31 bits per heavy atom. The van der Waals surface area contributed by atoms with Crippen molar-refractivity contribution >= 4 is 5.78 Å². The lowest BCUT2D eigenvalue weighted by atomic mass is 9.82. The van der Waals surface area contributed by atoms with Crippen LogP contribution in [0.1, 0.15) is 6.92 Å². The molecule has 0 aromatic rings. The van der Waals surface area contributed by atoms with Gasteiger partial charge in [-0.15, -0.1) is 0 Å². The molecule has 0 aromatic carbocycles. The summed E-state index contributed by atoms with van der Waals surface area (Å²) in [5, 5.41) is 10.0. The number of carbonyl (C=O) groups excluding carboxylic acids is 1. The second-order valence-corrected chi connectivity index (χ2v) is 3.26. The Kier molecular flexibility index (Phi) is 3.01. The van der Waals surface area contributed by atoms with Crippen molar-refractivity contribution in [2.45, 2.75) is 12.5 Å². The highest BCUT2D eigenvalue weighted by Crippen LogP contribution is 2.25. The second kappa shape index (κ2) is 3.85. The van der Waals surface area contributed by atoms with Crippen LogP contribution in [0.5, 0.6) is 0 Å². The highest BCUT2D eigenvalue weighted by Gasteiger charge is 2.36. The molecule has 0 amide bonds. The van der Waals surface area contributed by atoms with Crippen LogP contribution in [0.4, 0.5) is 0 Å². The number of carbonyl (C=O) groups is 1. The Hall–Kier alpha value is -0.930. The predicted octanol–water partition coefficient (Wildman–Crippen LogP) is 0.695. The van der Waals surface area contributed by atoms with Gasteiger partial charge in [-0.1, -0.05) is 18.2 Å². The monoisotopic (exact) mass is 182 g/mol. The molecule has 0 spiro atoms. The third-order valence-electron chi connectivity index (χ3n) is 2.15. The van der Waals surface area contributed by atoms with Crippen molar-refractivity contribution in [3.63, 3.8) is 0 Å². The molecule has 3 heteroatoms. The molecule has 0 aliphatic heterocycles. The lowest BCUT2D eigenvalue weighted by molar-refractivity contribution is -0.127. The standard InChI is InChI=1S/C10H14O3/c1-8(11)9-5-3-4-6-10(9,12)7-13-2/h3-6,9,12H,7H2,1-2H3. The van der Waals surface area contributed by atoms with Gasteiger partial charge in [-0.25, -0.2) is 0 Å². The summed E-state index contributed by atoms with van der Waals surface area (Å²) in [6, 6.07) is 0. The van der Waals surface area contributed by atoms with Gasteiger partial charge in [0.1, 0.15) is 11.4 Å². The van der Waals surface area contributed by atoms with Crippen LogP contribution in [-0.2, 0) is 9.53 Å². The van der Waals surface area contributed by atoms with Gasteiger partial charge in [0.25, 0.3) is 0 Å². The number of aliphatic hydroxyl groups is 1. The zero-order chi connectivity index (χ0) is 9.90. The smallest absolute Gasteiger partial charge is 0.139 e. The van der Waals surface area contributed by atoms with E-state index in [0.29, 0.717) is 0 Å². The lowest BCUT2D eigenvalue weighted by Gasteiger charge is -2.31. The number of ether oxygens (including phenoxy) is 1. The molecular formula is C10H14O3. The summed E-state index contributed by atoms with van der Waals surface area (Å²) >= 11 is 0. The summed E-state index contributed by atoms with van der Waals surface area (Å²) in [4.78, 5) is 11.2. The topological polar surface area (TPSA) is 46.5 Å². The molecule has 0 heterocycles. The first-order chi connectivity index (χ1) is 6.10. The lowest BCUT2D eigenvalue weighted by Crippen LogP contribution is -2.43. The van der Waals surface area contributed by atoms with E-state index >= 15 is 0 Å². The van der Waals surface area contributed by atoms with Gasteiger partial charge in [0.15, 0.2) is 0 Å². The summed E-state index contributed by atoms with van der Waals surface area (Å²) in [5.74, 6) is -0.544. The molecule has 72 valence electrons. The van der Waals surface area contributed by atoms with Crippen LogP contribution in [0.25, 0.3) is 0 Å². The first-order valence-corrected chi connectivity index (χ1v) is 4.18. The van der Waals surface area contributed by atoms with Gasteiger partial charge in [-0.05, 0) is 13.0 Å². The van der Waals surface area contributed by atoms with Crippen molar-refractivity contribution in [1.29, 1.82) is 0 Å². The van der Waals surface area contributed by atoms with Crippen LogP contribution in [0.15, 0.2) is 24.3 Å². The molecule has 0 aromatic heterocycles. The van der Waals surface area contributed by atoms with Crippen molar-refractivity contribution in [3.8, 4) is 0 Å². The van der Waals surface area contributed by atoms with Gasteiger partial charge in [0, 0.05) is 7.11 Å². The quantitative estimate of drug-likeness (QED) is 0.698. The van der Waals surface area contributed by atoms with E-state index < -0.39 is 11.5 Å². The first-order valence-electron chi connectivity index (χ1n) is 4.18. The summed E-state index contributed by atoms with van der Waals surface area (Å²) in [6.45, 7) is 1.60. The molecule has 0 saturated carbocycles. The van der Waals surface area contributed by atoms with E-state index in [4.69, 9.17) is 4.74 Å². The van der Waals surface area contributed by atoms with E-state index in [1.165, 1.54) is 14.0 Å². The van der Waals surface area contributed by atoms with E-state index in [9.17, 15) is 9.90 Å². The summed E-state index contributed by atoms with van der Waals surface area (Å²) in [7, 11) is 1.50. The Bertz CT molecular complexity index is 255. The molecule has 0 radical (unpaired) electrons. The minimum atomic E-state index is -1.17. The van der Waals surface area contributed by atoms with Crippen LogP contribution in [0, 0.1) is 5.92 Å². The maximum atomic E-state index is 11.2. The Morgan fingerprint density at radius 1 is 1.62 bits per heavy atom. The van der Waals surface area contributed by atoms with E-state index in [1.807, 2.05) is 0 Å². The zero-order valence-corrected chi connectivity index (χ0v) is 7.86. The molecular weight excluding hydrogens is 168 g/mol. The maximum Gasteiger partial charge on any atom is 0.139 e. The number of hydrogen-bond acceptors (Lipinski definition) is 3. The van der Waals surface area contributed by atoms with Gasteiger partial charge in [0.05, 0.1) is 12.5 Å². The minimum Gasteiger partial charge on any atom is -0.382 e. The van der Waals surface area contributed by atoms with Crippen LogP contribution < -0.4 is 0 Å². The summed E-state index contributed by atoms with van der Waals surface area (Å²) < 4.78 is 4.88. The number of ketones is 1. The molecule has 1 N–H and O–H groups in total.